The van der Waals surface area contributed by atoms with E-state index in [2.05, 4.69) is 10.3 Å². The Morgan fingerprint density at radius 2 is 1.58 bits per heavy atom. The molecule has 13 heteroatoms. The zero-order valence-corrected chi connectivity index (χ0v) is 14.1. The van der Waals surface area contributed by atoms with Gasteiger partial charge in [0.2, 0.25) is 17.7 Å². The van der Waals surface area contributed by atoms with E-state index in [1.807, 2.05) is 5.32 Å². The highest BCUT2D eigenvalue weighted by Gasteiger charge is 2.28. The number of rotatable bonds is 12. The van der Waals surface area contributed by atoms with Crippen molar-refractivity contribution >= 4 is 29.7 Å². The minimum Gasteiger partial charge on any atom is -0.480 e. The number of aliphatic carboxylic acids is 1. The molecule has 0 unspecified atom stereocenters. The Hall–Kier alpha value is -2.93. The van der Waals surface area contributed by atoms with Crippen molar-refractivity contribution in [3.8, 4) is 0 Å². The Kier molecular flexibility index (Phi) is 10.3. The first-order valence-electron chi connectivity index (χ1n) is 7.62. The monoisotopic (exact) mass is 375 g/mol. The zero-order valence-electron chi connectivity index (χ0n) is 14.1. The van der Waals surface area contributed by atoms with Gasteiger partial charge in [-0.1, -0.05) is 0 Å². The predicted molar refractivity (Wildman–Crippen MR) is 90.3 cm³/mol. The second-order valence-electron chi connectivity index (χ2n) is 5.37. The summed E-state index contributed by atoms with van der Waals surface area (Å²) in [6, 6.07) is -4.02. The first-order valence-corrected chi connectivity index (χ1v) is 7.62. The summed E-state index contributed by atoms with van der Waals surface area (Å²) in [6.45, 7) is -0.540. The lowest BCUT2D eigenvalue weighted by molar-refractivity contribution is -0.144. The van der Waals surface area contributed by atoms with Gasteiger partial charge < -0.3 is 43.8 Å². The Morgan fingerprint density at radius 3 is 2.04 bits per heavy atom. The van der Waals surface area contributed by atoms with Crippen LogP contribution in [0.3, 0.4) is 0 Å². The maximum atomic E-state index is 12.0. The van der Waals surface area contributed by atoms with Crippen molar-refractivity contribution < 1.29 is 29.4 Å². The van der Waals surface area contributed by atoms with Crippen molar-refractivity contribution in [2.24, 2.45) is 27.9 Å². The SMILES string of the molecule is NC(=O)C[C@H](NC(=O)[C@H](CO)NC(=O)[C@@H](N)CCCN=C(N)N)C(=O)O. The highest BCUT2D eigenvalue weighted by atomic mass is 16.4. The normalized spacial score (nSPS) is 13.8. The number of guanidine groups is 1. The van der Waals surface area contributed by atoms with Gasteiger partial charge in [-0.25, -0.2) is 4.79 Å². The van der Waals surface area contributed by atoms with Crippen molar-refractivity contribution in [2.75, 3.05) is 13.2 Å². The van der Waals surface area contributed by atoms with Gasteiger partial charge in [0.1, 0.15) is 12.1 Å². The van der Waals surface area contributed by atoms with Crippen LogP contribution in [0.15, 0.2) is 4.99 Å². The molecule has 0 fully saturated rings. The Balaban J connectivity index is 4.63. The van der Waals surface area contributed by atoms with E-state index >= 15 is 0 Å². The number of carboxylic acids is 1. The average molecular weight is 375 g/mol. The third-order valence-corrected chi connectivity index (χ3v) is 3.14. The maximum absolute atomic E-state index is 12.0. The first kappa shape index (κ1) is 23.1. The molecule has 0 saturated carbocycles. The molecule has 12 N–H and O–H groups in total. The summed E-state index contributed by atoms with van der Waals surface area (Å²) in [5, 5.41) is 22.4. The number of carboxylic acid groups (broad SMARTS) is 1. The third-order valence-electron chi connectivity index (χ3n) is 3.14. The van der Waals surface area contributed by atoms with E-state index in [-0.39, 0.29) is 18.9 Å². The predicted octanol–water partition coefficient (Wildman–Crippen LogP) is -4.71. The van der Waals surface area contributed by atoms with Gasteiger partial charge in [-0.2, -0.15) is 0 Å². The minimum absolute atomic E-state index is 0.0935. The molecule has 0 bridgehead atoms. The molecule has 0 aromatic heterocycles. The van der Waals surface area contributed by atoms with Gasteiger partial charge in [0.05, 0.1) is 19.1 Å². The number of aliphatic hydroxyl groups excluding tert-OH is 1. The first-order chi connectivity index (χ1) is 12.1. The van der Waals surface area contributed by atoms with Gasteiger partial charge in [0.15, 0.2) is 5.96 Å². The van der Waals surface area contributed by atoms with E-state index in [4.69, 9.17) is 28.0 Å². The largest absolute Gasteiger partial charge is 0.480 e. The van der Waals surface area contributed by atoms with Crippen molar-refractivity contribution in [3.63, 3.8) is 0 Å². The van der Waals surface area contributed by atoms with Gasteiger partial charge >= 0.3 is 5.97 Å². The molecule has 0 aliphatic carbocycles. The Labute approximate surface area is 149 Å². The summed E-state index contributed by atoms with van der Waals surface area (Å²) in [7, 11) is 0. The van der Waals surface area contributed by atoms with E-state index in [9.17, 15) is 24.3 Å². The molecule has 3 atom stereocenters. The molecule has 0 saturated heterocycles. The number of nitrogens with one attached hydrogen (secondary N) is 2. The standard InChI is InChI=1S/C13H25N7O6/c14-6(2-1-3-18-13(16)17)10(23)20-8(5-21)11(24)19-7(12(25)26)4-9(15)22/h6-8,21H,1-5,14H2,(H2,15,22)(H,19,24)(H,20,23)(H,25,26)(H4,16,17,18)/t6-,7-,8-/m0/s1. The van der Waals surface area contributed by atoms with Crippen LogP contribution in [0.1, 0.15) is 19.3 Å². The lowest BCUT2D eigenvalue weighted by Gasteiger charge is -2.21. The molecule has 148 valence electrons. The highest BCUT2D eigenvalue weighted by Crippen LogP contribution is 1.98. The summed E-state index contributed by atoms with van der Waals surface area (Å²) in [5.41, 5.74) is 20.9. The number of carbonyl (C=O) groups excluding carboxylic acids is 3. The number of amides is 3. The van der Waals surface area contributed by atoms with E-state index in [1.165, 1.54) is 0 Å². The van der Waals surface area contributed by atoms with Crippen LogP contribution in [-0.4, -0.2) is 71.1 Å². The van der Waals surface area contributed by atoms with Gasteiger partial charge in [-0.15, -0.1) is 0 Å². The lowest BCUT2D eigenvalue weighted by atomic mass is 10.1. The number of aliphatic hydroxyl groups is 1. The summed E-state index contributed by atoms with van der Waals surface area (Å²) in [6.07, 6.45) is -0.0263. The fourth-order valence-corrected chi connectivity index (χ4v) is 1.80. The third kappa shape index (κ3) is 9.39. The van der Waals surface area contributed by atoms with E-state index in [0.717, 1.165) is 0 Å². The van der Waals surface area contributed by atoms with Crippen LogP contribution in [0.5, 0.6) is 0 Å². The molecule has 0 aromatic rings. The molecule has 0 aromatic carbocycles. The molecule has 26 heavy (non-hydrogen) atoms. The number of nitrogens with two attached hydrogens (primary N) is 4. The summed E-state index contributed by atoms with van der Waals surface area (Å²) >= 11 is 0. The second kappa shape index (κ2) is 11.6. The second-order valence-corrected chi connectivity index (χ2v) is 5.37. The van der Waals surface area contributed by atoms with Crippen molar-refractivity contribution in [1.82, 2.24) is 10.6 Å². The molecule has 3 amide bonds. The van der Waals surface area contributed by atoms with Gasteiger partial charge in [-0.05, 0) is 12.8 Å². The highest BCUT2D eigenvalue weighted by molar-refractivity contribution is 5.93. The molecule has 0 aliphatic heterocycles. The summed E-state index contributed by atoms with van der Waals surface area (Å²) in [4.78, 5) is 49.4. The van der Waals surface area contributed by atoms with Crippen molar-refractivity contribution in [1.29, 1.82) is 0 Å². The number of hydrogen-bond acceptors (Lipinski definition) is 7. The van der Waals surface area contributed by atoms with Crippen LogP contribution in [0.25, 0.3) is 0 Å². The Bertz CT molecular complexity index is 549. The fraction of sp³-hybridized carbons (Fsp3) is 0.615. The molecule has 0 aliphatic rings. The number of carbonyl (C=O) groups is 4. The van der Waals surface area contributed by atoms with Crippen LogP contribution >= 0.6 is 0 Å². The smallest absolute Gasteiger partial charge is 0.326 e. The number of aliphatic imine (C=N–C) groups is 1. The Morgan fingerprint density at radius 1 is 1.00 bits per heavy atom. The molecular weight excluding hydrogens is 350 g/mol. The number of primary amides is 1. The topological polar surface area (TPSA) is 249 Å². The average Bonchev–Trinajstić information content (AvgIpc) is 2.54. The van der Waals surface area contributed by atoms with Crippen molar-refractivity contribution in [3.05, 3.63) is 0 Å². The zero-order chi connectivity index (χ0) is 20.3. The quantitative estimate of drug-likeness (QED) is 0.0924. The van der Waals surface area contributed by atoms with Crippen LogP contribution in [0, 0.1) is 0 Å². The summed E-state index contributed by atoms with van der Waals surface area (Å²) in [5.74, 6) is -4.25. The molecule has 0 rings (SSSR count). The maximum Gasteiger partial charge on any atom is 0.326 e. The molecule has 0 spiro atoms. The van der Waals surface area contributed by atoms with Crippen LogP contribution < -0.4 is 33.6 Å². The van der Waals surface area contributed by atoms with Crippen LogP contribution in [0.2, 0.25) is 0 Å². The van der Waals surface area contributed by atoms with Crippen LogP contribution in [0.4, 0.5) is 0 Å². The van der Waals surface area contributed by atoms with Crippen LogP contribution in [-0.2, 0) is 19.2 Å². The van der Waals surface area contributed by atoms with E-state index in [0.29, 0.717) is 6.42 Å². The lowest BCUT2D eigenvalue weighted by Crippen LogP contribution is -2.56. The summed E-state index contributed by atoms with van der Waals surface area (Å²) < 4.78 is 0. The molecule has 0 heterocycles. The van der Waals surface area contributed by atoms with Gasteiger partial charge in [-0.3, -0.25) is 19.4 Å². The minimum atomic E-state index is -1.58. The molecule has 13 nitrogen and oxygen atoms in total. The van der Waals surface area contributed by atoms with E-state index in [1.54, 1.807) is 0 Å². The number of hydrogen-bond donors (Lipinski definition) is 8. The van der Waals surface area contributed by atoms with Gasteiger partial charge in [0.25, 0.3) is 0 Å². The molecular formula is C13H25N7O6. The molecule has 0 radical (unpaired) electrons. The fourth-order valence-electron chi connectivity index (χ4n) is 1.80. The van der Waals surface area contributed by atoms with Gasteiger partial charge in [0, 0.05) is 6.54 Å². The number of nitrogens with zero attached hydrogens (tertiary/aromatic N) is 1. The van der Waals surface area contributed by atoms with E-state index < -0.39 is 54.8 Å². The van der Waals surface area contributed by atoms with Crippen molar-refractivity contribution in [2.45, 2.75) is 37.4 Å².